The summed E-state index contributed by atoms with van der Waals surface area (Å²) >= 11 is 0. The van der Waals surface area contributed by atoms with Crippen LogP contribution in [0.3, 0.4) is 0 Å². The summed E-state index contributed by atoms with van der Waals surface area (Å²) in [6, 6.07) is 24.4. The molecule has 6 rings (SSSR count). The average molecular weight is 472 g/mol. The van der Waals surface area contributed by atoms with E-state index in [2.05, 4.69) is 4.98 Å². The zero-order valence-electron chi connectivity index (χ0n) is 18.1. The number of hydrogen-bond donors (Lipinski definition) is 0. The van der Waals surface area contributed by atoms with Gasteiger partial charge in [0.15, 0.2) is 0 Å². The Morgan fingerprint density at radius 3 is 2.31 bits per heavy atom. The van der Waals surface area contributed by atoms with Crippen molar-refractivity contribution in [2.75, 3.05) is 0 Å². The van der Waals surface area contributed by atoms with E-state index in [1.807, 2.05) is 22.9 Å². The maximum absolute atomic E-state index is 13.9. The largest absolute Gasteiger partial charge is 0.457 e. The molecule has 0 aliphatic heterocycles. The number of rotatable bonds is 3. The number of para-hydroxylation sites is 1. The van der Waals surface area contributed by atoms with Crippen LogP contribution in [-0.4, -0.2) is 9.55 Å². The molecule has 0 bridgehead atoms. The van der Waals surface area contributed by atoms with Gasteiger partial charge in [-0.2, -0.15) is 13.2 Å². The fraction of sp³-hybridized carbons (Fsp3) is 0.0357. The topological polar surface area (TPSA) is 27.1 Å². The highest BCUT2D eigenvalue weighted by Crippen LogP contribution is 2.41. The molecule has 2 aromatic heterocycles. The zero-order chi connectivity index (χ0) is 24.2. The molecule has 7 heteroatoms. The summed E-state index contributed by atoms with van der Waals surface area (Å²) in [4.78, 5) is 4.39. The lowest BCUT2D eigenvalue weighted by atomic mass is 10.1. The predicted octanol–water partition coefficient (Wildman–Crippen LogP) is 8.28. The van der Waals surface area contributed by atoms with Crippen molar-refractivity contribution in [3.8, 4) is 17.2 Å². The number of hydrogen-bond acceptors (Lipinski definition) is 2. The van der Waals surface area contributed by atoms with Gasteiger partial charge in [0.1, 0.15) is 22.9 Å². The molecule has 0 unspecified atom stereocenters. The minimum absolute atomic E-state index is 0.245. The highest BCUT2D eigenvalue weighted by molar-refractivity contribution is 5.93. The van der Waals surface area contributed by atoms with Crippen molar-refractivity contribution in [3.05, 3.63) is 109 Å². The van der Waals surface area contributed by atoms with Gasteiger partial charge in [0.2, 0.25) is 0 Å². The van der Waals surface area contributed by atoms with Crippen LogP contribution >= 0.6 is 0 Å². The van der Waals surface area contributed by atoms with Crippen LogP contribution in [0.4, 0.5) is 17.6 Å². The normalized spacial score (nSPS) is 12.0. The van der Waals surface area contributed by atoms with E-state index in [-0.39, 0.29) is 22.8 Å². The van der Waals surface area contributed by atoms with Gasteiger partial charge in [0, 0.05) is 28.0 Å². The minimum Gasteiger partial charge on any atom is -0.457 e. The summed E-state index contributed by atoms with van der Waals surface area (Å²) in [7, 11) is 0. The SMILES string of the molecule is Fc1ccc2c(ccn2-c2ccc(Oc3cc4cc5ccccc5nc4cc3C(F)(F)F)cc2)c1. The van der Waals surface area contributed by atoms with Crippen LogP contribution in [-0.2, 0) is 6.18 Å². The molecule has 0 radical (unpaired) electrons. The third kappa shape index (κ3) is 3.85. The van der Waals surface area contributed by atoms with E-state index in [1.54, 1.807) is 54.6 Å². The minimum atomic E-state index is -4.61. The van der Waals surface area contributed by atoms with Crippen LogP contribution in [0, 0.1) is 5.82 Å². The number of pyridine rings is 1. The number of ether oxygens (including phenoxy) is 1. The summed E-state index contributed by atoms with van der Waals surface area (Å²) in [5, 5.41) is 2.13. The third-order valence-electron chi connectivity index (χ3n) is 5.92. The van der Waals surface area contributed by atoms with Crippen molar-refractivity contribution >= 4 is 32.7 Å². The van der Waals surface area contributed by atoms with Crippen LogP contribution in [0.1, 0.15) is 5.56 Å². The van der Waals surface area contributed by atoms with E-state index >= 15 is 0 Å². The van der Waals surface area contributed by atoms with Gasteiger partial charge < -0.3 is 9.30 Å². The zero-order valence-corrected chi connectivity index (χ0v) is 18.1. The smallest absolute Gasteiger partial charge is 0.420 e. The Kier molecular flexibility index (Phi) is 4.74. The molecule has 0 aliphatic rings. The van der Waals surface area contributed by atoms with Crippen molar-refractivity contribution in [2.24, 2.45) is 0 Å². The Hall–Kier alpha value is -4.39. The van der Waals surface area contributed by atoms with Gasteiger partial charge in [0.05, 0.1) is 16.6 Å². The highest BCUT2D eigenvalue weighted by atomic mass is 19.4. The first-order valence-electron chi connectivity index (χ1n) is 10.8. The van der Waals surface area contributed by atoms with Gasteiger partial charge in [0.25, 0.3) is 0 Å². The quantitative estimate of drug-likeness (QED) is 0.191. The van der Waals surface area contributed by atoms with Gasteiger partial charge in [-0.3, -0.25) is 0 Å². The molecule has 0 atom stereocenters. The van der Waals surface area contributed by atoms with Crippen molar-refractivity contribution in [1.82, 2.24) is 9.55 Å². The Morgan fingerprint density at radius 2 is 1.51 bits per heavy atom. The Balaban J connectivity index is 1.39. The van der Waals surface area contributed by atoms with E-state index in [4.69, 9.17) is 4.74 Å². The second-order valence-electron chi connectivity index (χ2n) is 8.20. The summed E-state index contributed by atoms with van der Waals surface area (Å²) in [6.07, 6.45) is -2.81. The lowest BCUT2D eigenvalue weighted by Crippen LogP contribution is -2.07. The van der Waals surface area contributed by atoms with Gasteiger partial charge in [-0.15, -0.1) is 0 Å². The summed E-state index contributed by atoms with van der Waals surface area (Å²) in [5.74, 6) is -0.357. The Labute approximate surface area is 196 Å². The van der Waals surface area contributed by atoms with Crippen LogP contribution in [0.5, 0.6) is 11.5 Å². The molecule has 35 heavy (non-hydrogen) atoms. The van der Waals surface area contributed by atoms with Crippen molar-refractivity contribution in [2.45, 2.75) is 6.18 Å². The van der Waals surface area contributed by atoms with E-state index in [0.717, 1.165) is 28.0 Å². The Morgan fingerprint density at radius 1 is 0.714 bits per heavy atom. The summed E-state index contributed by atoms with van der Waals surface area (Å²) in [5.41, 5.74) is 1.56. The van der Waals surface area contributed by atoms with Gasteiger partial charge in [-0.1, -0.05) is 18.2 Å². The maximum Gasteiger partial charge on any atom is 0.420 e. The second kappa shape index (κ2) is 7.84. The molecule has 172 valence electrons. The van der Waals surface area contributed by atoms with Crippen LogP contribution in [0.2, 0.25) is 0 Å². The maximum atomic E-state index is 13.9. The molecule has 2 heterocycles. The molecule has 0 fully saturated rings. The highest BCUT2D eigenvalue weighted by Gasteiger charge is 2.35. The molecule has 0 spiro atoms. The molecular formula is C28H16F4N2O. The number of aromatic nitrogens is 2. The number of fused-ring (bicyclic) bond motifs is 3. The molecule has 6 aromatic rings. The molecule has 0 aliphatic carbocycles. The first kappa shape index (κ1) is 21.2. The van der Waals surface area contributed by atoms with Crippen molar-refractivity contribution in [1.29, 1.82) is 0 Å². The standard InChI is InChI=1S/C28H16F4N2O/c29-20-5-10-26-18(14-20)11-12-34(26)21-6-8-22(9-7-21)35-27-15-19-13-17-3-1-2-4-24(17)33-25(19)16-23(27)28(30,31)32/h1-16H. The average Bonchev–Trinajstić information content (AvgIpc) is 3.25. The first-order chi connectivity index (χ1) is 16.8. The number of alkyl halides is 3. The number of benzene rings is 4. The summed E-state index contributed by atoms with van der Waals surface area (Å²) < 4.78 is 62.7. The van der Waals surface area contributed by atoms with E-state index in [1.165, 1.54) is 18.2 Å². The fourth-order valence-corrected chi connectivity index (χ4v) is 4.25. The lowest BCUT2D eigenvalue weighted by molar-refractivity contribution is -0.138. The predicted molar refractivity (Wildman–Crippen MR) is 128 cm³/mol. The van der Waals surface area contributed by atoms with Gasteiger partial charge in [-0.05, 0) is 72.8 Å². The molecular weight excluding hydrogens is 456 g/mol. The molecule has 3 nitrogen and oxygen atoms in total. The van der Waals surface area contributed by atoms with E-state index in [0.29, 0.717) is 10.9 Å². The van der Waals surface area contributed by atoms with E-state index in [9.17, 15) is 17.6 Å². The number of nitrogens with zero attached hydrogens (tertiary/aromatic N) is 2. The molecule has 4 aromatic carbocycles. The van der Waals surface area contributed by atoms with Gasteiger partial charge in [-0.25, -0.2) is 9.37 Å². The lowest BCUT2D eigenvalue weighted by Gasteiger charge is -2.15. The first-order valence-corrected chi connectivity index (χ1v) is 10.8. The summed E-state index contributed by atoms with van der Waals surface area (Å²) in [6.45, 7) is 0. The Bertz CT molecular complexity index is 1720. The van der Waals surface area contributed by atoms with Crippen molar-refractivity contribution < 1.29 is 22.3 Å². The van der Waals surface area contributed by atoms with Crippen molar-refractivity contribution in [3.63, 3.8) is 0 Å². The molecule has 0 saturated carbocycles. The molecule has 0 N–H and O–H groups in total. The van der Waals surface area contributed by atoms with Crippen LogP contribution < -0.4 is 4.74 Å². The molecule has 0 amide bonds. The monoisotopic (exact) mass is 472 g/mol. The van der Waals surface area contributed by atoms with Gasteiger partial charge >= 0.3 is 6.18 Å². The number of halogens is 4. The second-order valence-corrected chi connectivity index (χ2v) is 8.20. The third-order valence-corrected chi connectivity index (χ3v) is 5.92. The van der Waals surface area contributed by atoms with Crippen LogP contribution in [0.15, 0.2) is 97.2 Å². The molecule has 0 saturated heterocycles. The van der Waals surface area contributed by atoms with E-state index < -0.39 is 11.7 Å². The van der Waals surface area contributed by atoms with Crippen LogP contribution in [0.25, 0.3) is 38.4 Å². The fourth-order valence-electron chi connectivity index (χ4n) is 4.25.